The molecule has 2 heterocycles. The van der Waals surface area contributed by atoms with Gasteiger partial charge in [-0.1, -0.05) is 36.4 Å². The van der Waals surface area contributed by atoms with Crippen molar-refractivity contribution in [2.75, 3.05) is 19.7 Å². The van der Waals surface area contributed by atoms with Gasteiger partial charge in [-0.05, 0) is 36.3 Å². The Hall–Kier alpha value is -1.85. The third-order valence-electron chi connectivity index (χ3n) is 4.18. The first-order chi connectivity index (χ1) is 11.8. The van der Waals surface area contributed by atoms with Gasteiger partial charge < -0.3 is 15.0 Å². The molecule has 1 fully saturated rings. The molecule has 1 N–H and O–H groups in total. The van der Waals surface area contributed by atoms with Crippen molar-refractivity contribution in [1.29, 1.82) is 0 Å². The Morgan fingerprint density at radius 1 is 1.25 bits per heavy atom. The Morgan fingerprint density at radius 3 is 2.83 bits per heavy atom. The summed E-state index contributed by atoms with van der Waals surface area (Å²) in [5, 5.41) is 5.12. The van der Waals surface area contributed by atoms with Crippen molar-refractivity contribution in [3.05, 3.63) is 58.3 Å². The van der Waals surface area contributed by atoms with E-state index < -0.39 is 0 Å². The quantitative estimate of drug-likeness (QED) is 0.832. The second-order valence-electron chi connectivity index (χ2n) is 6.06. The Balaban J connectivity index is 1.55. The molecule has 0 radical (unpaired) electrons. The highest BCUT2D eigenvalue weighted by Gasteiger charge is 2.22. The minimum atomic E-state index is -0.00842. The lowest BCUT2D eigenvalue weighted by Gasteiger charge is -2.26. The summed E-state index contributed by atoms with van der Waals surface area (Å²) in [5.41, 5.74) is 1.14. The van der Waals surface area contributed by atoms with Gasteiger partial charge in [0.05, 0.1) is 6.10 Å². The lowest BCUT2D eigenvalue weighted by atomic mass is 10.2. The minimum Gasteiger partial charge on any atom is -0.376 e. The van der Waals surface area contributed by atoms with Gasteiger partial charge in [0.2, 0.25) is 0 Å². The third kappa shape index (κ3) is 5.08. The van der Waals surface area contributed by atoms with E-state index in [0.717, 1.165) is 31.4 Å². The number of nitrogens with one attached hydrogen (secondary N) is 1. The number of amides is 2. The van der Waals surface area contributed by atoms with Gasteiger partial charge in [-0.25, -0.2) is 4.79 Å². The van der Waals surface area contributed by atoms with Crippen LogP contribution in [0.4, 0.5) is 4.79 Å². The van der Waals surface area contributed by atoms with Crippen LogP contribution in [-0.4, -0.2) is 36.7 Å². The number of nitrogens with zero attached hydrogens (tertiary/aromatic N) is 1. The van der Waals surface area contributed by atoms with Gasteiger partial charge in [-0.2, -0.15) is 0 Å². The molecule has 1 aromatic heterocycles. The van der Waals surface area contributed by atoms with E-state index >= 15 is 0 Å². The maximum absolute atomic E-state index is 12.6. The maximum Gasteiger partial charge on any atom is 0.317 e. The zero-order chi connectivity index (χ0) is 16.6. The highest BCUT2D eigenvalue weighted by molar-refractivity contribution is 7.09. The number of ether oxygens (including phenoxy) is 1. The van der Waals surface area contributed by atoms with Crippen LogP contribution in [-0.2, 0) is 17.7 Å². The molecule has 128 valence electrons. The van der Waals surface area contributed by atoms with E-state index in [1.165, 1.54) is 4.88 Å². The molecule has 1 aliphatic rings. The van der Waals surface area contributed by atoms with Gasteiger partial charge in [0.25, 0.3) is 0 Å². The number of rotatable bonds is 7. The predicted octanol–water partition coefficient (Wildman–Crippen LogP) is 3.68. The maximum atomic E-state index is 12.6. The van der Waals surface area contributed by atoms with Crippen molar-refractivity contribution in [2.24, 2.45) is 0 Å². The molecule has 5 heteroatoms. The molecule has 0 saturated carbocycles. The van der Waals surface area contributed by atoms with E-state index in [9.17, 15) is 4.79 Å². The predicted molar refractivity (Wildman–Crippen MR) is 97.2 cm³/mol. The van der Waals surface area contributed by atoms with Gasteiger partial charge in [0.1, 0.15) is 0 Å². The summed E-state index contributed by atoms with van der Waals surface area (Å²) in [6, 6.07) is 14.3. The first-order valence-electron chi connectivity index (χ1n) is 8.52. The van der Waals surface area contributed by atoms with Crippen molar-refractivity contribution < 1.29 is 9.53 Å². The van der Waals surface area contributed by atoms with Gasteiger partial charge in [-0.3, -0.25) is 0 Å². The molecule has 4 nitrogen and oxygen atoms in total. The SMILES string of the molecule is O=C(NCCc1cccs1)N(Cc1ccccc1)CC1CCCO1. The molecule has 2 amide bonds. The topological polar surface area (TPSA) is 41.6 Å². The van der Waals surface area contributed by atoms with E-state index in [1.807, 2.05) is 29.2 Å². The van der Waals surface area contributed by atoms with Crippen LogP contribution in [0.15, 0.2) is 47.8 Å². The molecule has 3 rings (SSSR count). The highest BCUT2D eigenvalue weighted by atomic mass is 32.1. The standard InChI is InChI=1S/C19H24N2O2S/c22-19(20-11-10-18-9-5-13-24-18)21(15-17-8-4-12-23-17)14-16-6-2-1-3-7-16/h1-3,5-7,9,13,17H,4,8,10-12,14-15H2,(H,20,22). The van der Waals surface area contributed by atoms with Crippen LogP contribution in [0.5, 0.6) is 0 Å². The Bertz CT molecular complexity index is 610. The molecule has 2 aromatic rings. The molecular formula is C19H24N2O2S. The van der Waals surface area contributed by atoms with Crippen molar-refractivity contribution in [1.82, 2.24) is 10.2 Å². The van der Waals surface area contributed by atoms with Gasteiger partial charge in [-0.15, -0.1) is 11.3 Å². The van der Waals surface area contributed by atoms with Crippen LogP contribution in [0, 0.1) is 0 Å². The number of hydrogen-bond donors (Lipinski definition) is 1. The minimum absolute atomic E-state index is 0.00842. The van der Waals surface area contributed by atoms with E-state index in [2.05, 4.69) is 28.9 Å². The second kappa shape index (κ2) is 8.85. The molecule has 1 aliphatic heterocycles. The Morgan fingerprint density at radius 2 is 2.12 bits per heavy atom. The van der Waals surface area contributed by atoms with E-state index in [4.69, 9.17) is 4.74 Å². The number of thiophene rings is 1. The molecule has 0 aliphatic carbocycles. The van der Waals surface area contributed by atoms with Crippen LogP contribution < -0.4 is 5.32 Å². The normalized spacial score (nSPS) is 16.9. The van der Waals surface area contributed by atoms with Crippen LogP contribution >= 0.6 is 11.3 Å². The van der Waals surface area contributed by atoms with Crippen LogP contribution in [0.1, 0.15) is 23.3 Å². The lowest BCUT2D eigenvalue weighted by Crippen LogP contribution is -2.43. The van der Waals surface area contributed by atoms with Crippen LogP contribution in [0.25, 0.3) is 0 Å². The number of urea groups is 1. The monoisotopic (exact) mass is 344 g/mol. The average molecular weight is 344 g/mol. The summed E-state index contributed by atoms with van der Waals surface area (Å²) in [4.78, 5) is 15.8. The first-order valence-corrected chi connectivity index (χ1v) is 9.40. The largest absolute Gasteiger partial charge is 0.376 e. The molecule has 1 saturated heterocycles. The zero-order valence-corrected chi connectivity index (χ0v) is 14.6. The molecular weight excluding hydrogens is 320 g/mol. The summed E-state index contributed by atoms with van der Waals surface area (Å²) >= 11 is 1.73. The van der Waals surface area contributed by atoms with Crippen molar-refractivity contribution in [3.8, 4) is 0 Å². The van der Waals surface area contributed by atoms with Crippen molar-refractivity contribution in [2.45, 2.75) is 31.9 Å². The van der Waals surface area contributed by atoms with Crippen molar-refractivity contribution >= 4 is 17.4 Å². The van der Waals surface area contributed by atoms with E-state index in [-0.39, 0.29) is 12.1 Å². The van der Waals surface area contributed by atoms with Gasteiger partial charge >= 0.3 is 6.03 Å². The fraction of sp³-hybridized carbons (Fsp3) is 0.421. The van der Waals surface area contributed by atoms with Crippen LogP contribution in [0.2, 0.25) is 0 Å². The first kappa shape index (κ1) is 17.0. The van der Waals surface area contributed by atoms with Gasteiger partial charge in [0, 0.05) is 31.1 Å². The molecule has 1 atom stereocenters. The third-order valence-corrected chi connectivity index (χ3v) is 5.12. The summed E-state index contributed by atoms with van der Waals surface area (Å²) < 4.78 is 5.71. The highest BCUT2D eigenvalue weighted by Crippen LogP contribution is 2.15. The lowest BCUT2D eigenvalue weighted by molar-refractivity contribution is 0.0795. The summed E-state index contributed by atoms with van der Waals surface area (Å²) in [6.07, 6.45) is 3.16. The van der Waals surface area contributed by atoms with E-state index in [0.29, 0.717) is 19.6 Å². The summed E-state index contributed by atoms with van der Waals surface area (Å²) in [5.74, 6) is 0. The smallest absolute Gasteiger partial charge is 0.317 e. The number of benzene rings is 1. The molecule has 0 spiro atoms. The second-order valence-corrected chi connectivity index (χ2v) is 7.09. The molecule has 0 bridgehead atoms. The number of carbonyl (C=O) groups excluding carboxylic acids is 1. The van der Waals surface area contributed by atoms with Crippen molar-refractivity contribution in [3.63, 3.8) is 0 Å². The molecule has 1 aromatic carbocycles. The molecule has 1 unspecified atom stereocenters. The summed E-state index contributed by atoms with van der Waals surface area (Å²) in [6.45, 7) is 2.74. The summed E-state index contributed by atoms with van der Waals surface area (Å²) in [7, 11) is 0. The molecule has 24 heavy (non-hydrogen) atoms. The zero-order valence-electron chi connectivity index (χ0n) is 13.8. The van der Waals surface area contributed by atoms with E-state index in [1.54, 1.807) is 11.3 Å². The fourth-order valence-corrected chi connectivity index (χ4v) is 3.63. The fourth-order valence-electron chi connectivity index (χ4n) is 2.92. The number of hydrogen-bond acceptors (Lipinski definition) is 3. The average Bonchev–Trinajstić information content (AvgIpc) is 3.29. The number of carbonyl (C=O) groups is 1. The Kier molecular flexibility index (Phi) is 6.26. The Labute approximate surface area is 147 Å². The van der Waals surface area contributed by atoms with Gasteiger partial charge in [0.15, 0.2) is 0 Å². The van der Waals surface area contributed by atoms with Crippen LogP contribution in [0.3, 0.4) is 0 Å².